The summed E-state index contributed by atoms with van der Waals surface area (Å²) < 4.78 is 5.11. The molecule has 5 nitrogen and oxygen atoms in total. The van der Waals surface area contributed by atoms with Gasteiger partial charge < -0.3 is 15.2 Å². The van der Waals surface area contributed by atoms with Crippen LogP contribution >= 0.6 is 0 Å². The zero-order valence-corrected chi connectivity index (χ0v) is 10.0. The molecule has 1 atom stereocenters. The highest BCUT2D eigenvalue weighted by molar-refractivity contribution is 5.82. The first-order chi connectivity index (χ1) is 7.28. The molecular formula is C11H19NO4. The van der Waals surface area contributed by atoms with Crippen LogP contribution in [0.2, 0.25) is 0 Å². The Morgan fingerprint density at radius 2 is 2.06 bits per heavy atom. The predicted octanol–water partition coefficient (Wildman–Crippen LogP) is 0.640. The summed E-state index contributed by atoms with van der Waals surface area (Å²) in [4.78, 5) is 22.8. The highest BCUT2D eigenvalue weighted by Crippen LogP contribution is 2.28. The molecule has 0 aromatic rings. The monoisotopic (exact) mass is 229 g/mol. The Kier molecular flexibility index (Phi) is 3.57. The van der Waals surface area contributed by atoms with Crippen molar-refractivity contribution < 1.29 is 19.4 Å². The summed E-state index contributed by atoms with van der Waals surface area (Å²) in [5.74, 6) is -1.04. The third-order valence-electron chi connectivity index (χ3n) is 2.83. The molecule has 1 rings (SSSR count). The second kappa shape index (κ2) is 4.41. The number of aliphatic carboxylic acids is 1. The summed E-state index contributed by atoms with van der Waals surface area (Å²) in [6.07, 6.45) is 0.451. The lowest BCUT2D eigenvalue weighted by molar-refractivity contribution is -0.149. The number of carbonyl (C=O) groups excluding carboxylic acids is 1. The molecule has 0 saturated carbocycles. The maximum atomic E-state index is 11.6. The molecule has 0 radical (unpaired) electrons. The van der Waals surface area contributed by atoms with E-state index in [0.29, 0.717) is 13.0 Å². The summed E-state index contributed by atoms with van der Waals surface area (Å²) in [5.41, 5.74) is -1.44. The van der Waals surface area contributed by atoms with Crippen LogP contribution in [0.3, 0.4) is 0 Å². The van der Waals surface area contributed by atoms with E-state index in [4.69, 9.17) is 9.84 Å². The van der Waals surface area contributed by atoms with Gasteiger partial charge in [-0.25, -0.2) is 0 Å². The highest BCUT2D eigenvalue weighted by Gasteiger charge is 2.43. The van der Waals surface area contributed by atoms with Gasteiger partial charge in [0, 0.05) is 18.6 Å². The van der Waals surface area contributed by atoms with Crippen LogP contribution < -0.4 is 5.32 Å². The quantitative estimate of drug-likeness (QED) is 0.744. The van der Waals surface area contributed by atoms with Crippen molar-refractivity contribution in [2.75, 3.05) is 19.8 Å². The molecule has 1 amide bonds. The first-order valence-electron chi connectivity index (χ1n) is 5.37. The maximum absolute atomic E-state index is 11.6. The van der Waals surface area contributed by atoms with Crippen LogP contribution in [-0.4, -0.2) is 36.7 Å². The number of rotatable bonds is 3. The average molecular weight is 229 g/mol. The standard InChI is InChI=1S/C11H19NO4/c1-10(2,3)8(13)12-6-11(9(14)15)4-5-16-7-11/h4-7H2,1-3H3,(H,12,13)(H,14,15). The van der Waals surface area contributed by atoms with E-state index in [-0.39, 0.29) is 19.1 Å². The molecular weight excluding hydrogens is 210 g/mol. The van der Waals surface area contributed by atoms with Gasteiger partial charge >= 0.3 is 5.97 Å². The third kappa shape index (κ3) is 2.72. The molecule has 0 aromatic carbocycles. The number of carboxylic acids is 1. The van der Waals surface area contributed by atoms with Crippen LogP contribution in [0, 0.1) is 10.8 Å². The predicted molar refractivity (Wildman–Crippen MR) is 58.0 cm³/mol. The summed E-state index contributed by atoms with van der Waals surface area (Å²) in [6.45, 7) is 6.13. The van der Waals surface area contributed by atoms with Crippen molar-refractivity contribution >= 4 is 11.9 Å². The largest absolute Gasteiger partial charge is 0.481 e. The van der Waals surface area contributed by atoms with Crippen molar-refractivity contribution in [3.05, 3.63) is 0 Å². The van der Waals surface area contributed by atoms with Gasteiger partial charge in [-0.05, 0) is 6.42 Å². The molecule has 1 saturated heterocycles. The van der Waals surface area contributed by atoms with Crippen LogP contribution in [-0.2, 0) is 14.3 Å². The van der Waals surface area contributed by atoms with Gasteiger partial charge in [-0.1, -0.05) is 20.8 Å². The molecule has 5 heteroatoms. The first-order valence-corrected chi connectivity index (χ1v) is 5.37. The van der Waals surface area contributed by atoms with Gasteiger partial charge in [0.1, 0.15) is 5.41 Å². The minimum absolute atomic E-state index is 0.137. The van der Waals surface area contributed by atoms with Crippen molar-refractivity contribution in [3.63, 3.8) is 0 Å². The molecule has 0 aliphatic carbocycles. The van der Waals surface area contributed by atoms with Gasteiger partial charge in [-0.3, -0.25) is 9.59 Å². The Morgan fingerprint density at radius 1 is 1.44 bits per heavy atom. The fraction of sp³-hybridized carbons (Fsp3) is 0.818. The van der Waals surface area contributed by atoms with E-state index in [1.807, 2.05) is 0 Å². The molecule has 1 heterocycles. The molecule has 1 aliphatic heterocycles. The molecule has 0 spiro atoms. The van der Waals surface area contributed by atoms with Gasteiger partial charge in [0.05, 0.1) is 6.61 Å². The molecule has 2 N–H and O–H groups in total. The molecule has 0 aromatic heterocycles. The number of hydrogen-bond acceptors (Lipinski definition) is 3. The van der Waals surface area contributed by atoms with Crippen molar-refractivity contribution in [3.8, 4) is 0 Å². The van der Waals surface area contributed by atoms with E-state index in [1.54, 1.807) is 20.8 Å². The summed E-state index contributed by atoms with van der Waals surface area (Å²) >= 11 is 0. The normalized spacial score (nSPS) is 25.4. The zero-order chi connectivity index (χ0) is 12.4. The summed E-state index contributed by atoms with van der Waals surface area (Å²) in [5, 5.41) is 11.8. The molecule has 1 fully saturated rings. The molecule has 1 unspecified atom stereocenters. The van der Waals surface area contributed by atoms with Crippen molar-refractivity contribution in [2.24, 2.45) is 10.8 Å². The van der Waals surface area contributed by atoms with Crippen LogP contribution in [0.4, 0.5) is 0 Å². The first kappa shape index (κ1) is 13.0. The number of hydrogen-bond donors (Lipinski definition) is 2. The zero-order valence-electron chi connectivity index (χ0n) is 10.0. The van der Waals surface area contributed by atoms with Gasteiger partial charge in [-0.2, -0.15) is 0 Å². The Morgan fingerprint density at radius 3 is 2.44 bits per heavy atom. The van der Waals surface area contributed by atoms with Gasteiger partial charge in [-0.15, -0.1) is 0 Å². The number of carbonyl (C=O) groups is 2. The van der Waals surface area contributed by atoms with Gasteiger partial charge in [0.25, 0.3) is 0 Å². The number of nitrogens with one attached hydrogen (secondary N) is 1. The van der Waals surface area contributed by atoms with Crippen LogP contribution in [0.25, 0.3) is 0 Å². The fourth-order valence-corrected chi connectivity index (χ4v) is 1.51. The SMILES string of the molecule is CC(C)(C)C(=O)NCC1(C(=O)O)CCOC1. The van der Waals surface area contributed by atoms with E-state index in [9.17, 15) is 9.59 Å². The van der Waals surface area contributed by atoms with Gasteiger partial charge in [0.15, 0.2) is 0 Å². The molecule has 92 valence electrons. The van der Waals surface area contributed by atoms with Crippen molar-refractivity contribution in [1.29, 1.82) is 0 Å². The van der Waals surface area contributed by atoms with Crippen LogP contribution in [0.15, 0.2) is 0 Å². The number of carboxylic acid groups (broad SMARTS) is 1. The van der Waals surface area contributed by atoms with Crippen LogP contribution in [0.5, 0.6) is 0 Å². The van der Waals surface area contributed by atoms with Crippen molar-refractivity contribution in [1.82, 2.24) is 5.32 Å². The van der Waals surface area contributed by atoms with Gasteiger partial charge in [0.2, 0.25) is 5.91 Å². The molecule has 16 heavy (non-hydrogen) atoms. The summed E-state index contributed by atoms with van der Waals surface area (Å²) in [7, 11) is 0. The van der Waals surface area contributed by atoms with E-state index in [1.165, 1.54) is 0 Å². The lowest BCUT2D eigenvalue weighted by Gasteiger charge is -2.25. The van der Waals surface area contributed by atoms with E-state index >= 15 is 0 Å². The molecule has 1 aliphatic rings. The van der Waals surface area contributed by atoms with E-state index in [2.05, 4.69) is 5.32 Å². The average Bonchev–Trinajstić information content (AvgIpc) is 2.62. The minimum atomic E-state index is -0.944. The van der Waals surface area contributed by atoms with Crippen molar-refractivity contribution in [2.45, 2.75) is 27.2 Å². The fourth-order valence-electron chi connectivity index (χ4n) is 1.51. The Balaban J connectivity index is 2.59. The summed E-state index contributed by atoms with van der Waals surface area (Å²) in [6, 6.07) is 0. The third-order valence-corrected chi connectivity index (χ3v) is 2.83. The second-order valence-corrected chi connectivity index (χ2v) is 5.32. The van der Waals surface area contributed by atoms with E-state index < -0.39 is 16.8 Å². The Labute approximate surface area is 95.2 Å². The number of amides is 1. The minimum Gasteiger partial charge on any atom is -0.481 e. The lowest BCUT2D eigenvalue weighted by Crippen LogP contribution is -2.46. The molecule has 0 bridgehead atoms. The maximum Gasteiger partial charge on any atom is 0.313 e. The van der Waals surface area contributed by atoms with Crippen LogP contribution in [0.1, 0.15) is 27.2 Å². The smallest absolute Gasteiger partial charge is 0.313 e. The topological polar surface area (TPSA) is 75.6 Å². The number of ether oxygens (including phenoxy) is 1. The highest BCUT2D eigenvalue weighted by atomic mass is 16.5. The second-order valence-electron chi connectivity index (χ2n) is 5.32. The Hall–Kier alpha value is -1.10. The lowest BCUT2D eigenvalue weighted by atomic mass is 9.86. The van der Waals surface area contributed by atoms with E-state index in [0.717, 1.165) is 0 Å². The Bertz CT molecular complexity index is 287.